The van der Waals surface area contributed by atoms with Crippen molar-refractivity contribution >= 4 is 5.69 Å². The molecule has 19 heavy (non-hydrogen) atoms. The average Bonchev–Trinajstić information content (AvgIpc) is 2.22. The summed E-state index contributed by atoms with van der Waals surface area (Å²) in [5, 5.41) is 2.23. The summed E-state index contributed by atoms with van der Waals surface area (Å²) < 4.78 is 77.8. The van der Waals surface area contributed by atoms with Crippen LogP contribution in [0.5, 0.6) is 0 Å². The molecule has 0 saturated heterocycles. The molecule has 0 aliphatic carbocycles. The van der Waals surface area contributed by atoms with Gasteiger partial charge in [-0.05, 0) is 37.5 Å². The number of nitrogens with one attached hydrogen (secondary N) is 1. The third kappa shape index (κ3) is 2.64. The first-order chi connectivity index (χ1) is 8.42. The van der Waals surface area contributed by atoms with Gasteiger partial charge in [0, 0.05) is 12.7 Å². The van der Waals surface area contributed by atoms with Gasteiger partial charge < -0.3 is 5.32 Å². The molecule has 0 amide bonds. The zero-order valence-electron chi connectivity index (χ0n) is 10.8. The zero-order valence-corrected chi connectivity index (χ0v) is 10.8. The fourth-order valence-corrected chi connectivity index (χ4v) is 2.11. The first-order valence-electron chi connectivity index (χ1n) is 5.38. The van der Waals surface area contributed by atoms with E-state index >= 15 is 0 Å². The number of hydrogen-bond acceptors (Lipinski definition) is 1. The van der Waals surface area contributed by atoms with E-state index in [0.29, 0.717) is 0 Å². The minimum atomic E-state index is -5.08. The Bertz CT molecular complexity index is 499. The molecule has 1 aromatic carbocycles. The SMILES string of the molecule is CNc1c(C)c(C)c(C)c(C(F)(F)F)c1C(F)(F)F. The van der Waals surface area contributed by atoms with E-state index in [1.54, 1.807) is 0 Å². The predicted octanol–water partition coefficient (Wildman–Crippen LogP) is 4.69. The van der Waals surface area contributed by atoms with Crippen molar-refractivity contribution in [2.45, 2.75) is 33.1 Å². The van der Waals surface area contributed by atoms with Crippen LogP contribution in [0.2, 0.25) is 0 Å². The van der Waals surface area contributed by atoms with Gasteiger partial charge in [-0.3, -0.25) is 0 Å². The van der Waals surface area contributed by atoms with Crippen LogP contribution in [0.15, 0.2) is 0 Å². The smallest absolute Gasteiger partial charge is 0.387 e. The monoisotopic (exact) mass is 285 g/mol. The lowest BCUT2D eigenvalue weighted by Crippen LogP contribution is -2.22. The molecular weight excluding hydrogens is 272 g/mol. The molecular formula is C12H13F6N. The van der Waals surface area contributed by atoms with Gasteiger partial charge in [-0.25, -0.2) is 0 Å². The van der Waals surface area contributed by atoms with Gasteiger partial charge in [-0.1, -0.05) is 0 Å². The highest BCUT2D eigenvalue weighted by Gasteiger charge is 2.47. The normalized spacial score (nSPS) is 12.7. The van der Waals surface area contributed by atoms with Crippen LogP contribution >= 0.6 is 0 Å². The van der Waals surface area contributed by atoms with Crippen LogP contribution in [-0.2, 0) is 12.4 Å². The first-order valence-corrected chi connectivity index (χ1v) is 5.38. The maximum Gasteiger partial charge on any atom is 0.419 e. The summed E-state index contributed by atoms with van der Waals surface area (Å²) in [5.41, 5.74) is -3.82. The number of rotatable bonds is 1. The van der Waals surface area contributed by atoms with Gasteiger partial charge in [-0.2, -0.15) is 26.3 Å². The van der Waals surface area contributed by atoms with E-state index in [1.807, 2.05) is 0 Å². The Morgan fingerprint density at radius 1 is 0.684 bits per heavy atom. The van der Waals surface area contributed by atoms with Gasteiger partial charge in [-0.15, -0.1) is 0 Å². The van der Waals surface area contributed by atoms with Crippen LogP contribution in [0.3, 0.4) is 0 Å². The molecule has 0 fully saturated rings. The second kappa shape index (κ2) is 4.61. The summed E-state index contributed by atoms with van der Waals surface area (Å²) in [5.74, 6) is 0. The highest BCUT2D eigenvalue weighted by atomic mass is 19.4. The summed E-state index contributed by atoms with van der Waals surface area (Å²) >= 11 is 0. The van der Waals surface area contributed by atoms with Crippen molar-refractivity contribution in [1.29, 1.82) is 0 Å². The quantitative estimate of drug-likeness (QED) is 0.738. The third-order valence-corrected chi connectivity index (χ3v) is 3.19. The highest BCUT2D eigenvalue weighted by molar-refractivity contribution is 5.66. The van der Waals surface area contributed by atoms with Gasteiger partial charge in [0.05, 0.1) is 11.1 Å². The maximum absolute atomic E-state index is 13.0. The van der Waals surface area contributed by atoms with Crippen LogP contribution in [0.4, 0.5) is 32.0 Å². The summed E-state index contributed by atoms with van der Waals surface area (Å²) in [4.78, 5) is 0. The van der Waals surface area contributed by atoms with Crippen molar-refractivity contribution < 1.29 is 26.3 Å². The van der Waals surface area contributed by atoms with Crippen LogP contribution in [0.25, 0.3) is 0 Å². The van der Waals surface area contributed by atoms with E-state index in [9.17, 15) is 26.3 Å². The Hall–Kier alpha value is -1.40. The maximum atomic E-state index is 13.0. The van der Waals surface area contributed by atoms with E-state index in [0.717, 1.165) is 6.92 Å². The lowest BCUT2D eigenvalue weighted by Gasteiger charge is -2.24. The number of benzene rings is 1. The summed E-state index contributed by atoms with van der Waals surface area (Å²) in [6, 6.07) is 0. The van der Waals surface area contributed by atoms with Gasteiger partial charge in [0.1, 0.15) is 0 Å². The summed E-state index contributed by atoms with van der Waals surface area (Å²) in [7, 11) is 1.17. The first kappa shape index (κ1) is 15.7. The molecule has 0 aromatic heterocycles. The fraction of sp³-hybridized carbons (Fsp3) is 0.500. The van der Waals surface area contributed by atoms with Crippen molar-refractivity contribution in [3.05, 3.63) is 27.8 Å². The molecule has 0 atom stereocenters. The van der Waals surface area contributed by atoms with Gasteiger partial charge in [0.2, 0.25) is 0 Å². The van der Waals surface area contributed by atoms with Crippen LogP contribution < -0.4 is 5.32 Å². The molecule has 0 aliphatic rings. The van der Waals surface area contributed by atoms with Crippen molar-refractivity contribution in [1.82, 2.24) is 0 Å². The van der Waals surface area contributed by atoms with Crippen molar-refractivity contribution in [3.8, 4) is 0 Å². The van der Waals surface area contributed by atoms with Crippen LogP contribution in [0.1, 0.15) is 27.8 Å². The number of alkyl halides is 6. The van der Waals surface area contributed by atoms with Gasteiger partial charge in [0.25, 0.3) is 0 Å². The second-order valence-corrected chi connectivity index (χ2v) is 4.25. The van der Waals surface area contributed by atoms with E-state index in [1.165, 1.54) is 20.9 Å². The molecule has 1 nitrogen and oxygen atoms in total. The van der Waals surface area contributed by atoms with Gasteiger partial charge >= 0.3 is 12.4 Å². The minimum absolute atomic E-state index is 0.167. The molecule has 0 bridgehead atoms. The molecule has 0 unspecified atom stereocenters. The number of halogens is 6. The Balaban J connectivity index is 3.94. The molecule has 0 saturated carbocycles. The Morgan fingerprint density at radius 3 is 1.42 bits per heavy atom. The highest BCUT2D eigenvalue weighted by Crippen LogP contribution is 2.47. The van der Waals surface area contributed by atoms with E-state index in [2.05, 4.69) is 5.32 Å². The zero-order chi connectivity index (χ0) is 15.2. The molecule has 0 spiro atoms. The standard InChI is InChI=1S/C12H13F6N/c1-5-6(2)8(11(13,14)15)9(12(16,17)18)10(19-4)7(5)3/h19H,1-4H3. The number of hydrogen-bond donors (Lipinski definition) is 1. The third-order valence-electron chi connectivity index (χ3n) is 3.19. The molecule has 7 heteroatoms. The molecule has 108 valence electrons. The summed E-state index contributed by atoms with van der Waals surface area (Å²) in [6.45, 7) is 3.80. The molecule has 1 aromatic rings. The summed E-state index contributed by atoms with van der Waals surface area (Å²) in [6.07, 6.45) is -10.1. The van der Waals surface area contributed by atoms with E-state index < -0.39 is 34.7 Å². The van der Waals surface area contributed by atoms with E-state index in [-0.39, 0.29) is 11.1 Å². The average molecular weight is 285 g/mol. The van der Waals surface area contributed by atoms with E-state index in [4.69, 9.17) is 0 Å². The Labute approximate surface area is 106 Å². The minimum Gasteiger partial charge on any atom is -0.387 e. The van der Waals surface area contributed by atoms with Crippen molar-refractivity contribution in [3.63, 3.8) is 0 Å². The second-order valence-electron chi connectivity index (χ2n) is 4.25. The molecule has 0 heterocycles. The largest absolute Gasteiger partial charge is 0.419 e. The Morgan fingerprint density at radius 2 is 1.11 bits per heavy atom. The number of anilines is 1. The predicted molar refractivity (Wildman–Crippen MR) is 60.2 cm³/mol. The van der Waals surface area contributed by atoms with Crippen LogP contribution in [-0.4, -0.2) is 7.05 Å². The molecule has 1 rings (SSSR count). The molecule has 0 aliphatic heterocycles. The topological polar surface area (TPSA) is 12.0 Å². The van der Waals surface area contributed by atoms with Gasteiger partial charge in [0.15, 0.2) is 0 Å². The molecule has 1 N–H and O–H groups in total. The van der Waals surface area contributed by atoms with Crippen molar-refractivity contribution in [2.75, 3.05) is 12.4 Å². The molecule has 0 radical (unpaired) electrons. The lowest BCUT2D eigenvalue weighted by molar-refractivity contribution is -0.162. The van der Waals surface area contributed by atoms with Crippen molar-refractivity contribution in [2.24, 2.45) is 0 Å². The Kier molecular flexibility index (Phi) is 3.80. The lowest BCUT2D eigenvalue weighted by atomic mass is 9.90. The fourth-order valence-electron chi connectivity index (χ4n) is 2.11. The van der Waals surface area contributed by atoms with Crippen LogP contribution in [0, 0.1) is 20.8 Å².